The largest absolute Gasteiger partial charge is 0.374 e. The highest BCUT2D eigenvalue weighted by Gasteiger charge is 2.20. The molecule has 21 heavy (non-hydrogen) atoms. The Bertz CT molecular complexity index is 373. The van der Waals surface area contributed by atoms with Crippen molar-refractivity contribution >= 4 is 12.1 Å². The van der Waals surface area contributed by atoms with Gasteiger partial charge in [0, 0.05) is 13.1 Å². The molecule has 1 rings (SSSR count). The van der Waals surface area contributed by atoms with Crippen LogP contribution in [0.25, 0.3) is 0 Å². The summed E-state index contributed by atoms with van der Waals surface area (Å²) in [6, 6.07) is -0.264. The first-order valence-corrected chi connectivity index (χ1v) is 7.20. The smallest absolute Gasteiger partial charge is 0.320 e. The Morgan fingerprint density at radius 3 is 2.71 bits per heavy atom. The second kappa shape index (κ2) is 9.46. The Balaban J connectivity index is 2.16. The summed E-state index contributed by atoms with van der Waals surface area (Å²) in [5.41, 5.74) is 0. The number of nitrogens with one attached hydrogen (secondary N) is 1. The monoisotopic (exact) mass is 300 g/mol. The molecular formula is C13H24N4O4. The van der Waals surface area contributed by atoms with Gasteiger partial charge in [0.25, 0.3) is 0 Å². The Morgan fingerprint density at radius 2 is 2.05 bits per heavy atom. The lowest BCUT2D eigenvalue weighted by molar-refractivity contribution is 0.0894. The van der Waals surface area contributed by atoms with Crippen molar-refractivity contribution in [3.63, 3.8) is 0 Å². The summed E-state index contributed by atoms with van der Waals surface area (Å²) in [5.74, 6) is 0. The van der Waals surface area contributed by atoms with Crippen molar-refractivity contribution in [3.8, 4) is 0 Å². The zero-order valence-corrected chi connectivity index (χ0v) is 12.4. The van der Waals surface area contributed by atoms with Gasteiger partial charge in [0.15, 0.2) is 6.23 Å². The molecule has 2 atom stereocenters. The van der Waals surface area contributed by atoms with Gasteiger partial charge in [-0.15, -0.1) is 0 Å². The summed E-state index contributed by atoms with van der Waals surface area (Å²) in [6.07, 6.45) is 2.24. The van der Waals surface area contributed by atoms with Crippen LogP contribution in [0.15, 0.2) is 4.99 Å². The zero-order chi connectivity index (χ0) is 15.7. The van der Waals surface area contributed by atoms with Crippen LogP contribution >= 0.6 is 0 Å². The van der Waals surface area contributed by atoms with Crippen LogP contribution in [0, 0.1) is 0 Å². The molecule has 0 aromatic heterocycles. The third-order valence-electron chi connectivity index (χ3n) is 3.35. The maximum atomic E-state index is 11.9. The summed E-state index contributed by atoms with van der Waals surface area (Å²) in [6.45, 7) is 2.23. The van der Waals surface area contributed by atoms with E-state index in [-0.39, 0.29) is 6.03 Å². The van der Waals surface area contributed by atoms with Gasteiger partial charge in [-0.2, -0.15) is 4.99 Å². The van der Waals surface area contributed by atoms with Crippen molar-refractivity contribution in [3.05, 3.63) is 0 Å². The predicted molar refractivity (Wildman–Crippen MR) is 76.0 cm³/mol. The SMILES string of the molecule is CN1CCCN(C(=O)NC(O)CCCCC(O)N=C=O)C1. The number of unbranched alkanes of at least 4 members (excludes halogenated alkanes) is 1. The van der Waals surface area contributed by atoms with Gasteiger partial charge in [-0.1, -0.05) is 0 Å². The molecule has 2 unspecified atom stereocenters. The van der Waals surface area contributed by atoms with Crippen LogP contribution < -0.4 is 5.32 Å². The third-order valence-corrected chi connectivity index (χ3v) is 3.35. The maximum Gasteiger partial charge on any atom is 0.320 e. The molecule has 0 aromatic rings. The normalized spacial score (nSPS) is 18.7. The minimum absolute atomic E-state index is 0.264. The number of aliphatic hydroxyl groups is 2. The van der Waals surface area contributed by atoms with Gasteiger partial charge in [-0.05, 0) is 39.2 Å². The summed E-state index contributed by atoms with van der Waals surface area (Å²) in [4.78, 5) is 28.7. The maximum absolute atomic E-state index is 11.9. The predicted octanol–water partition coefficient (Wildman–Crippen LogP) is -0.176. The Morgan fingerprint density at radius 1 is 1.33 bits per heavy atom. The number of isocyanates is 1. The molecule has 8 nitrogen and oxygen atoms in total. The lowest BCUT2D eigenvalue weighted by Gasteiger charge is -2.33. The molecule has 0 radical (unpaired) electrons. The van der Waals surface area contributed by atoms with Crippen molar-refractivity contribution < 1.29 is 19.8 Å². The summed E-state index contributed by atoms with van der Waals surface area (Å²) >= 11 is 0. The highest BCUT2D eigenvalue weighted by Crippen LogP contribution is 2.07. The second-order valence-corrected chi connectivity index (χ2v) is 5.29. The zero-order valence-electron chi connectivity index (χ0n) is 12.4. The lowest BCUT2D eigenvalue weighted by atomic mass is 10.1. The lowest BCUT2D eigenvalue weighted by Crippen LogP contribution is -2.51. The van der Waals surface area contributed by atoms with Crippen molar-refractivity contribution in [1.29, 1.82) is 0 Å². The van der Waals surface area contributed by atoms with Crippen LogP contribution in [-0.2, 0) is 4.79 Å². The molecule has 3 N–H and O–H groups in total. The molecular weight excluding hydrogens is 276 g/mol. The second-order valence-electron chi connectivity index (χ2n) is 5.29. The Kier molecular flexibility index (Phi) is 7.92. The molecule has 1 aliphatic heterocycles. The molecule has 1 aliphatic rings. The average Bonchev–Trinajstić information content (AvgIpc) is 2.44. The number of amides is 2. The molecule has 8 heteroatoms. The van der Waals surface area contributed by atoms with Crippen LogP contribution in [0.2, 0.25) is 0 Å². The highest BCUT2D eigenvalue weighted by molar-refractivity contribution is 5.74. The quantitative estimate of drug-likeness (QED) is 0.262. The fourth-order valence-electron chi connectivity index (χ4n) is 2.23. The fraction of sp³-hybridized carbons (Fsp3) is 0.846. The van der Waals surface area contributed by atoms with E-state index < -0.39 is 12.5 Å². The van der Waals surface area contributed by atoms with Crippen molar-refractivity contribution in [2.24, 2.45) is 4.99 Å². The van der Waals surface area contributed by atoms with E-state index in [1.165, 1.54) is 6.08 Å². The molecule has 1 fully saturated rings. The summed E-state index contributed by atoms with van der Waals surface area (Å²) < 4.78 is 0. The van der Waals surface area contributed by atoms with Crippen molar-refractivity contribution in [1.82, 2.24) is 15.1 Å². The fourth-order valence-corrected chi connectivity index (χ4v) is 2.23. The van der Waals surface area contributed by atoms with E-state index in [1.54, 1.807) is 4.90 Å². The molecule has 120 valence electrons. The molecule has 0 saturated carbocycles. The van der Waals surface area contributed by atoms with Gasteiger partial charge < -0.3 is 20.4 Å². The van der Waals surface area contributed by atoms with Crippen LogP contribution in [0.4, 0.5) is 4.79 Å². The van der Waals surface area contributed by atoms with E-state index in [9.17, 15) is 19.8 Å². The third kappa shape index (κ3) is 7.19. The van der Waals surface area contributed by atoms with Crippen molar-refractivity contribution in [2.75, 3.05) is 26.8 Å². The molecule has 0 aliphatic carbocycles. The average molecular weight is 300 g/mol. The number of carbonyl (C=O) groups excluding carboxylic acids is 2. The van der Waals surface area contributed by atoms with Gasteiger partial charge in [0.1, 0.15) is 6.23 Å². The van der Waals surface area contributed by atoms with E-state index in [2.05, 4.69) is 10.3 Å². The minimum Gasteiger partial charge on any atom is -0.374 e. The minimum atomic E-state index is -1.03. The van der Waals surface area contributed by atoms with E-state index >= 15 is 0 Å². The van der Waals surface area contributed by atoms with Crippen LogP contribution in [-0.4, -0.2) is 71.4 Å². The van der Waals surface area contributed by atoms with Crippen LogP contribution in [0.1, 0.15) is 32.1 Å². The number of hydrogen-bond acceptors (Lipinski definition) is 6. The Hall–Kier alpha value is -1.47. The molecule has 0 bridgehead atoms. The molecule has 2 amide bonds. The van der Waals surface area contributed by atoms with E-state index in [0.717, 1.165) is 13.0 Å². The summed E-state index contributed by atoms with van der Waals surface area (Å²) in [7, 11) is 1.95. The number of urea groups is 1. The number of rotatable bonds is 7. The number of aliphatic imine (C=N–C) groups is 1. The van der Waals surface area contributed by atoms with Gasteiger partial charge in [-0.3, -0.25) is 4.90 Å². The standard InChI is InChI=1S/C13H24N4O4/c1-16-7-4-8-17(10-16)13(21)15-12(20)6-3-2-5-11(19)14-9-18/h11-12,19-20H,2-8,10H2,1H3,(H,15,21). The first-order valence-electron chi connectivity index (χ1n) is 7.20. The van der Waals surface area contributed by atoms with Gasteiger partial charge >= 0.3 is 6.03 Å². The van der Waals surface area contributed by atoms with Gasteiger partial charge in [0.2, 0.25) is 6.08 Å². The van der Waals surface area contributed by atoms with Crippen LogP contribution in [0.3, 0.4) is 0 Å². The van der Waals surface area contributed by atoms with Gasteiger partial charge in [-0.25, -0.2) is 9.59 Å². The van der Waals surface area contributed by atoms with E-state index in [4.69, 9.17) is 0 Å². The molecule has 1 heterocycles. The Labute approximate surface area is 124 Å². The highest BCUT2D eigenvalue weighted by atomic mass is 16.3. The molecule has 0 spiro atoms. The summed E-state index contributed by atoms with van der Waals surface area (Å²) in [5, 5.41) is 21.5. The number of aliphatic hydroxyl groups excluding tert-OH is 2. The van der Waals surface area contributed by atoms with E-state index in [1.807, 2.05) is 11.9 Å². The number of carbonyl (C=O) groups is 1. The first kappa shape index (κ1) is 17.6. The number of nitrogens with zero attached hydrogens (tertiary/aromatic N) is 3. The van der Waals surface area contributed by atoms with E-state index in [0.29, 0.717) is 38.9 Å². The first-order chi connectivity index (χ1) is 10.0. The molecule has 0 aromatic carbocycles. The van der Waals surface area contributed by atoms with Crippen molar-refractivity contribution in [2.45, 2.75) is 44.6 Å². The van der Waals surface area contributed by atoms with Gasteiger partial charge in [0.05, 0.1) is 6.67 Å². The topological polar surface area (TPSA) is 105 Å². The molecule has 1 saturated heterocycles. The number of hydrogen-bond donors (Lipinski definition) is 3. The van der Waals surface area contributed by atoms with Crippen LogP contribution in [0.5, 0.6) is 0 Å².